The van der Waals surface area contributed by atoms with Gasteiger partial charge in [-0.15, -0.1) is 0 Å². The van der Waals surface area contributed by atoms with Crippen molar-refractivity contribution < 1.29 is 0 Å². The highest BCUT2D eigenvalue weighted by Crippen LogP contribution is 2.29. The first-order chi connectivity index (χ1) is 8.56. The van der Waals surface area contributed by atoms with E-state index in [0.717, 1.165) is 18.4 Å². The predicted octanol–water partition coefficient (Wildman–Crippen LogP) is 4.85. The molecule has 100 valence electrons. The molecule has 1 saturated carbocycles. The smallest absolute Gasteiger partial charge is 0.0399 e. The van der Waals surface area contributed by atoms with Crippen molar-refractivity contribution in [2.24, 2.45) is 11.8 Å². The van der Waals surface area contributed by atoms with E-state index in [1.165, 1.54) is 48.1 Å². The Morgan fingerprint density at radius 2 is 1.56 bits per heavy atom. The maximum Gasteiger partial charge on any atom is 0.0399 e. The Bertz CT molecular complexity index is 377. The van der Waals surface area contributed by atoms with Gasteiger partial charge in [0.05, 0.1) is 0 Å². The van der Waals surface area contributed by atoms with Gasteiger partial charge in [0.2, 0.25) is 0 Å². The van der Waals surface area contributed by atoms with Gasteiger partial charge in [-0.2, -0.15) is 0 Å². The van der Waals surface area contributed by atoms with Crippen LogP contribution in [0, 0.1) is 32.6 Å². The Labute approximate surface area is 112 Å². The summed E-state index contributed by atoms with van der Waals surface area (Å²) in [5, 5.41) is 3.69. The molecule has 1 fully saturated rings. The molecule has 0 bridgehead atoms. The fourth-order valence-corrected chi connectivity index (χ4v) is 3.24. The molecule has 1 aromatic carbocycles. The molecule has 0 spiro atoms. The third-order valence-corrected chi connectivity index (χ3v) is 4.38. The van der Waals surface area contributed by atoms with Crippen LogP contribution in [0.1, 0.15) is 49.3 Å². The molecule has 1 nitrogen and oxygen atoms in total. The lowest BCUT2D eigenvalue weighted by Crippen LogP contribution is -2.20. The summed E-state index contributed by atoms with van der Waals surface area (Å²) >= 11 is 0. The maximum absolute atomic E-state index is 3.69. The van der Waals surface area contributed by atoms with E-state index in [9.17, 15) is 0 Å². The van der Waals surface area contributed by atoms with Crippen LogP contribution in [0.25, 0.3) is 0 Å². The number of rotatable bonds is 3. The van der Waals surface area contributed by atoms with Crippen LogP contribution < -0.4 is 5.32 Å². The number of anilines is 1. The van der Waals surface area contributed by atoms with Crippen molar-refractivity contribution in [2.45, 2.75) is 53.4 Å². The zero-order chi connectivity index (χ0) is 13.1. The van der Waals surface area contributed by atoms with Crippen molar-refractivity contribution in [2.75, 3.05) is 11.9 Å². The molecule has 18 heavy (non-hydrogen) atoms. The summed E-state index contributed by atoms with van der Waals surface area (Å²) in [4.78, 5) is 0. The first kappa shape index (κ1) is 13.5. The maximum atomic E-state index is 3.69. The Balaban J connectivity index is 1.94. The Kier molecular flexibility index (Phi) is 4.31. The second-order valence-electron chi connectivity index (χ2n) is 6.28. The molecule has 1 N–H and O–H groups in total. The summed E-state index contributed by atoms with van der Waals surface area (Å²) < 4.78 is 0. The van der Waals surface area contributed by atoms with Gasteiger partial charge in [-0.05, 0) is 56.6 Å². The number of aryl methyl sites for hydroxylation is 3. The Morgan fingerprint density at radius 1 is 1.00 bits per heavy atom. The van der Waals surface area contributed by atoms with Crippen molar-refractivity contribution in [3.05, 3.63) is 28.8 Å². The van der Waals surface area contributed by atoms with E-state index in [1.807, 2.05) is 0 Å². The molecule has 1 aromatic rings. The molecule has 1 aliphatic carbocycles. The molecule has 0 unspecified atom stereocenters. The minimum absolute atomic E-state index is 0.876. The van der Waals surface area contributed by atoms with Gasteiger partial charge in [0.25, 0.3) is 0 Å². The van der Waals surface area contributed by atoms with E-state index in [4.69, 9.17) is 0 Å². The first-order valence-electron chi connectivity index (χ1n) is 7.38. The van der Waals surface area contributed by atoms with Crippen molar-refractivity contribution in [1.82, 2.24) is 0 Å². The quantitative estimate of drug-likeness (QED) is 0.802. The molecule has 0 radical (unpaired) electrons. The third kappa shape index (κ3) is 3.28. The summed E-state index contributed by atoms with van der Waals surface area (Å²) in [5.74, 6) is 1.82. The highest BCUT2D eigenvalue weighted by atomic mass is 14.9. The lowest BCUT2D eigenvalue weighted by atomic mass is 9.83. The minimum atomic E-state index is 0.876. The van der Waals surface area contributed by atoms with Gasteiger partial charge in [-0.25, -0.2) is 0 Å². The monoisotopic (exact) mass is 245 g/mol. The molecule has 0 saturated heterocycles. The van der Waals surface area contributed by atoms with Crippen LogP contribution in [-0.4, -0.2) is 6.54 Å². The van der Waals surface area contributed by atoms with Gasteiger partial charge in [0, 0.05) is 12.2 Å². The van der Waals surface area contributed by atoms with Gasteiger partial charge in [0.15, 0.2) is 0 Å². The number of hydrogen-bond acceptors (Lipinski definition) is 1. The van der Waals surface area contributed by atoms with E-state index in [1.54, 1.807) is 0 Å². The Hall–Kier alpha value is -0.980. The van der Waals surface area contributed by atoms with Gasteiger partial charge < -0.3 is 5.32 Å². The second kappa shape index (κ2) is 5.77. The molecular weight excluding hydrogens is 218 g/mol. The molecule has 0 aromatic heterocycles. The van der Waals surface area contributed by atoms with Crippen LogP contribution in [0.3, 0.4) is 0 Å². The van der Waals surface area contributed by atoms with Crippen molar-refractivity contribution in [1.29, 1.82) is 0 Å². The van der Waals surface area contributed by atoms with Crippen molar-refractivity contribution in [3.8, 4) is 0 Å². The van der Waals surface area contributed by atoms with E-state index < -0.39 is 0 Å². The van der Waals surface area contributed by atoms with Gasteiger partial charge in [-0.3, -0.25) is 0 Å². The van der Waals surface area contributed by atoms with Gasteiger partial charge >= 0.3 is 0 Å². The lowest BCUT2D eigenvalue weighted by Gasteiger charge is -2.27. The standard InChI is InChI=1S/C17H27N/c1-12-5-7-16(8-6-12)11-18-17-14(3)9-13(2)10-15(17)4/h9-10,12,16,18H,5-8,11H2,1-4H3. The zero-order valence-corrected chi connectivity index (χ0v) is 12.3. The van der Waals surface area contributed by atoms with Gasteiger partial charge in [-0.1, -0.05) is 37.5 Å². The SMILES string of the molecule is Cc1cc(C)c(NCC2CCC(C)CC2)c(C)c1. The lowest BCUT2D eigenvalue weighted by molar-refractivity contribution is 0.300. The first-order valence-corrected chi connectivity index (χ1v) is 7.38. The highest BCUT2D eigenvalue weighted by Gasteiger charge is 2.18. The summed E-state index contributed by atoms with van der Waals surface area (Å²) in [7, 11) is 0. The molecule has 0 atom stereocenters. The molecule has 0 amide bonds. The zero-order valence-electron chi connectivity index (χ0n) is 12.3. The summed E-state index contributed by atoms with van der Waals surface area (Å²) in [6, 6.07) is 4.55. The van der Waals surface area contributed by atoms with Crippen LogP contribution in [0.2, 0.25) is 0 Å². The largest absolute Gasteiger partial charge is 0.384 e. The summed E-state index contributed by atoms with van der Waals surface area (Å²) in [6.07, 6.45) is 5.63. The molecule has 1 heteroatoms. The van der Waals surface area contributed by atoms with E-state index in [0.29, 0.717) is 0 Å². The second-order valence-corrected chi connectivity index (χ2v) is 6.28. The number of benzene rings is 1. The highest BCUT2D eigenvalue weighted by molar-refractivity contribution is 5.58. The van der Waals surface area contributed by atoms with Crippen LogP contribution >= 0.6 is 0 Å². The minimum Gasteiger partial charge on any atom is -0.384 e. The number of hydrogen-bond donors (Lipinski definition) is 1. The van der Waals surface area contributed by atoms with Crippen LogP contribution in [0.15, 0.2) is 12.1 Å². The fraction of sp³-hybridized carbons (Fsp3) is 0.647. The van der Waals surface area contributed by atoms with E-state index in [2.05, 4.69) is 45.1 Å². The fourth-order valence-electron chi connectivity index (χ4n) is 3.24. The molecule has 0 heterocycles. The third-order valence-electron chi connectivity index (χ3n) is 4.38. The summed E-state index contributed by atoms with van der Waals surface area (Å²) in [5.41, 5.74) is 5.50. The molecule has 0 aliphatic heterocycles. The van der Waals surface area contributed by atoms with Crippen LogP contribution in [-0.2, 0) is 0 Å². The summed E-state index contributed by atoms with van der Waals surface area (Å²) in [6.45, 7) is 10.1. The Morgan fingerprint density at radius 3 is 2.11 bits per heavy atom. The number of nitrogens with one attached hydrogen (secondary N) is 1. The van der Waals surface area contributed by atoms with Crippen LogP contribution in [0.5, 0.6) is 0 Å². The average molecular weight is 245 g/mol. The average Bonchev–Trinajstić information content (AvgIpc) is 2.30. The molecule has 1 aliphatic rings. The van der Waals surface area contributed by atoms with E-state index >= 15 is 0 Å². The normalized spacial score (nSPS) is 24.0. The van der Waals surface area contributed by atoms with Crippen molar-refractivity contribution in [3.63, 3.8) is 0 Å². The molecular formula is C17H27N. The topological polar surface area (TPSA) is 12.0 Å². The predicted molar refractivity (Wildman–Crippen MR) is 80.3 cm³/mol. The van der Waals surface area contributed by atoms with Crippen molar-refractivity contribution >= 4 is 5.69 Å². The van der Waals surface area contributed by atoms with Gasteiger partial charge in [0.1, 0.15) is 0 Å². The van der Waals surface area contributed by atoms with Crippen LogP contribution in [0.4, 0.5) is 5.69 Å². The van der Waals surface area contributed by atoms with E-state index in [-0.39, 0.29) is 0 Å². The molecule has 2 rings (SSSR count).